The van der Waals surface area contributed by atoms with Crippen LogP contribution in [-0.4, -0.2) is 19.8 Å². The van der Waals surface area contributed by atoms with Gasteiger partial charge in [0, 0.05) is 0 Å². The molecule has 3 aromatic rings. The number of ether oxygens (including phenoxy) is 2. The van der Waals surface area contributed by atoms with E-state index in [1.54, 1.807) is 7.11 Å². The van der Waals surface area contributed by atoms with Gasteiger partial charge >= 0.3 is 0 Å². The first-order valence-electron chi connectivity index (χ1n) is 9.70. The van der Waals surface area contributed by atoms with Gasteiger partial charge < -0.3 is 9.47 Å². The lowest BCUT2D eigenvalue weighted by molar-refractivity contribution is 0.0878. The van der Waals surface area contributed by atoms with Crippen molar-refractivity contribution in [2.24, 2.45) is 0 Å². The topological polar surface area (TPSA) is 18.5 Å². The summed E-state index contributed by atoms with van der Waals surface area (Å²) in [5.74, 6) is 0.880. The first kappa shape index (κ1) is 15.9. The lowest BCUT2D eigenvalue weighted by Gasteiger charge is -2.38. The lowest BCUT2D eigenvalue weighted by atomic mass is 9.73. The van der Waals surface area contributed by atoms with Crippen LogP contribution in [0.15, 0.2) is 78.9 Å². The van der Waals surface area contributed by atoms with Crippen LogP contribution in [0.5, 0.6) is 5.75 Å². The highest BCUT2D eigenvalue weighted by Crippen LogP contribution is 2.53. The highest BCUT2D eigenvalue weighted by atomic mass is 16.5. The average molecular weight is 364 g/mol. The molecule has 0 N–H and O–H groups in total. The number of methoxy groups -OCH3 is 1. The van der Waals surface area contributed by atoms with Crippen molar-refractivity contribution in [3.05, 3.63) is 101 Å². The second-order valence-electron chi connectivity index (χ2n) is 7.71. The van der Waals surface area contributed by atoms with Gasteiger partial charge in [-0.1, -0.05) is 72.8 Å². The summed E-state index contributed by atoms with van der Waals surface area (Å²) in [6.45, 7) is 0.658. The molecular weight excluding hydrogens is 344 g/mol. The van der Waals surface area contributed by atoms with E-state index in [1.807, 2.05) is 6.07 Å². The van der Waals surface area contributed by atoms with Crippen molar-refractivity contribution >= 4 is 11.6 Å². The van der Waals surface area contributed by atoms with Crippen LogP contribution in [0.1, 0.15) is 22.3 Å². The molecule has 0 saturated carbocycles. The Morgan fingerprint density at radius 3 is 2.32 bits per heavy atom. The predicted octanol–water partition coefficient (Wildman–Crippen LogP) is 5.47. The van der Waals surface area contributed by atoms with Crippen molar-refractivity contribution in [3.63, 3.8) is 0 Å². The van der Waals surface area contributed by atoms with Gasteiger partial charge in [-0.05, 0) is 51.1 Å². The van der Waals surface area contributed by atoms with Crippen molar-refractivity contribution in [2.45, 2.75) is 11.5 Å². The van der Waals surface area contributed by atoms with E-state index in [1.165, 1.54) is 39.0 Å². The molecular formula is C26H20O2. The summed E-state index contributed by atoms with van der Waals surface area (Å²) < 4.78 is 11.9. The molecule has 0 saturated heterocycles. The Morgan fingerprint density at radius 2 is 1.61 bits per heavy atom. The Bertz CT molecular complexity index is 1120. The van der Waals surface area contributed by atoms with Crippen LogP contribution >= 0.6 is 0 Å². The SMILES string of the molecule is COc1ccc2c(c1)C=CC1OCC3(C=C21)c1ccccc1-c1ccccc13. The summed E-state index contributed by atoms with van der Waals surface area (Å²) in [7, 11) is 1.71. The minimum Gasteiger partial charge on any atom is -0.497 e. The summed E-state index contributed by atoms with van der Waals surface area (Å²) in [6.07, 6.45) is 6.77. The minimum atomic E-state index is -0.235. The molecule has 28 heavy (non-hydrogen) atoms. The standard InChI is InChI=1S/C26H20O2/c1-27-18-11-12-19-17(14-18)10-13-25-22(19)15-26(16-28-25)23-8-4-2-6-20(23)21-7-3-5-9-24(21)26/h2-15,25H,16H2,1H3. The quantitative estimate of drug-likeness (QED) is 0.570. The van der Waals surface area contributed by atoms with Gasteiger partial charge in [0.05, 0.1) is 19.1 Å². The van der Waals surface area contributed by atoms with Crippen LogP contribution in [0, 0.1) is 0 Å². The molecule has 1 aliphatic heterocycles. The largest absolute Gasteiger partial charge is 0.497 e. The zero-order chi connectivity index (χ0) is 18.7. The van der Waals surface area contributed by atoms with Crippen LogP contribution in [0.4, 0.5) is 0 Å². The van der Waals surface area contributed by atoms with Gasteiger partial charge in [0.1, 0.15) is 11.9 Å². The molecule has 1 heterocycles. The van der Waals surface area contributed by atoms with Crippen molar-refractivity contribution in [3.8, 4) is 16.9 Å². The van der Waals surface area contributed by atoms with Gasteiger partial charge in [0.15, 0.2) is 0 Å². The molecule has 0 radical (unpaired) electrons. The molecule has 0 aromatic heterocycles. The third-order valence-corrected chi connectivity index (χ3v) is 6.32. The van der Waals surface area contributed by atoms with Crippen LogP contribution in [0.2, 0.25) is 0 Å². The van der Waals surface area contributed by atoms with Crippen LogP contribution in [-0.2, 0) is 10.2 Å². The van der Waals surface area contributed by atoms with E-state index in [-0.39, 0.29) is 11.5 Å². The molecule has 3 aliphatic rings. The third kappa shape index (κ3) is 2.01. The van der Waals surface area contributed by atoms with Gasteiger partial charge in [-0.15, -0.1) is 0 Å². The maximum atomic E-state index is 6.46. The van der Waals surface area contributed by atoms with E-state index in [0.29, 0.717) is 6.61 Å². The highest BCUT2D eigenvalue weighted by molar-refractivity contribution is 5.89. The number of benzene rings is 3. The van der Waals surface area contributed by atoms with Crippen LogP contribution in [0.25, 0.3) is 22.8 Å². The van der Waals surface area contributed by atoms with Crippen molar-refractivity contribution in [1.29, 1.82) is 0 Å². The van der Waals surface area contributed by atoms with E-state index >= 15 is 0 Å². The van der Waals surface area contributed by atoms with Crippen LogP contribution < -0.4 is 4.74 Å². The van der Waals surface area contributed by atoms with Gasteiger partial charge in [0.25, 0.3) is 0 Å². The summed E-state index contributed by atoms with van der Waals surface area (Å²) in [4.78, 5) is 0. The molecule has 1 spiro atoms. The second-order valence-corrected chi connectivity index (χ2v) is 7.71. The number of hydrogen-bond donors (Lipinski definition) is 0. The highest BCUT2D eigenvalue weighted by Gasteiger charge is 2.45. The molecule has 2 aliphatic carbocycles. The number of fused-ring (bicyclic) bond motifs is 8. The molecule has 0 bridgehead atoms. The smallest absolute Gasteiger partial charge is 0.119 e. The van der Waals surface area contributed by atoms with Crippen molar-refractivity contribution in [2.75, 3.05) is 13.7 Å². The monoisotopic (exact) mass is 364 g/mol. The predicted molar refractivity (Wildman–Crippen MR) is 112 cm³/mol. The zero-order valence-electron chi connectivity index (χ0n) is 15.7. The maximum absolute atomic E-state index is 6.46. The fraction of sp³-hybridized carbons (Fsp3) is 0.154. The minimum absolute atomic E-state index is 0.00597. The molecule has 136 valence electrons. The lowest BCUT2D eigenvalue weighted by Crippen LogP contribution is -2.37. The van der Waals surface area contributed by atoms with E-state index in [0.717, 1.165) is 5.75 Å². The fourth-order valence-electron chi connectivity index (χ4n) is 5.02. The van der Waals surface area contributed by atoms with E-state index in [9.17, 15) is 0 Å². The number of hydrogen-bond acceptors (Lipinski definition) is 2. The zero-order valence-corrected chi connectivity index (χ0v) is 15.7. The van der Waals surface area contributed by atoms with Crippen LogP contribution in [0.3, 0.4) is 0 Å². The molecule has 0 amide bonds. The Kier molecular flexibility index (Phi) is 3.24. The van der Waals surface area contributed by atoms with Gasteiger partial charge in [-0.3, -0.25) is 0 Å². The Morgan fingerprint density at radius 1 is 0.893 bits per heavy atom. The molecule has 1 unspecified atom stereocenters. The molecule has 1 atom stereocenters. The van der Waals surface area contributed by atoms with E-state index < -0.39 is 0 Å². The first-order chi connectivity index (χ1) is 13.8. The third-order valence-electron chi connectivity index (χ3n) is 6.32. The second kappa shape index (κ2) is 5.70. The Balaban J connectivity index is 1.61. The molecule has 6 rings (SSSR count). The van der Waals surface area contributed by atoms with Gasteiger partial charge in [0.2, 0.25) is 0 Å². The molecule has 3 aromatic carbocycles. The molecule has 2 heteroatoms. The van der Waals surface area contributed by atoms with Crippen molar-refractivity contribution < 1.29 is 9.47 Å². The average Bonchev–Trinajstić information content (AvgIpc) is 3.03. The Hall–Kier alpha value is -3.10. The summed E-state index contributed by atoms with van der Waals surface area (Å²) in [6, 6.07) is 23.8. The summed E-state index contributed by atoms with van der Waals surface area (Å²) in [5.41, 5.74) is 8.74. The summed E-state index contributed by atoms with van der Waals surface area (Å²) in [5, 5.41) is 0. The Labute approximate surface area is 164 Å². The maximum Gasteiger partial charge on any atom is 0.119 e. The van der Waals surface area contributed by atoms with Gasteiger partial charge in [-0.25, -0.2) is 0 Å². The van der Waals surface area contributed by atoms with E-state index in [2.05, 4.69) is 78.9 Å². The normalized spacial score (nSPS) is 20.0. The summed E-state index contributed by atoms with van der Waals surface area (Å²) >= 11 is 0. The first-order valence-corrected chi connectivity index (χ1v) is 9.70. The number of rotatable bonds is 1. The molecule has 2 nitrogen and oxygen atoms in total. The molecule has 0 fully saturated rings. The fourth-order valence-corrected chi connectivity index (χ4v) is 5.02. The van der Waals surface area contributed by atoms with E-state index in [4.69, 9.17) is 9.47 Å². The van der Waals surface area contributed by atoms with Gasteiger partial charge in [-0.2, -0.15) is 0 Å². The van der Waals surface area contributed by atoms with Crippen molar-refractivity contribution in [1.82, 2.24) is 0 Å².